The number of hydrogen-bond acceptors (Lipinski definition) is 4. The number of aromatic nitrogens is 1. The molecule has 0 aromatic carbocycles. The molecule has 128 valence electrons. The van der Waals surface area contributed by atoms with Gasteiger partial charge in [0, 0.05) is 31.9 Å². The van der Waals surface area contributed by atoms with Crippen LogP contribution in [-0.2, 0) is 6.54 Å². The third kappa shape index (κ3) is 5.93. The quantitative estimate of drug-likeness (QED) is 0.879. The van der Waals surface area contributed by atoms with E-state index in [9.17, 15) is 23.1 Å². The van der Waals surface area contributed by atoms with Gasteiger partial charge >= 0.3 is 12.2 Å². The van der Waals surface area contributed by atoms with E-state index in [1.54, 1.807) is 11.0 Å². The summed E-state index contributed by atoms with van der Waals surface area (Å²) in [5, 5.41) is 12.1. The van der Waals surface area contributed by atoms with Gasteiger partial charge in [0.1, 0.15) is 0 Å². The lowest BCUT2D eigenvalue weighted by Gasteiger charge is -2.29. The summed E-state index contributed by atoms with van der Waals surface area (Å²) in [6.45, 7) is -0.304. The number of pyridine rings is 1. The lowest BCUT2D eigenvalue weighted by Crippen LogP contribution is -2.45. The summed E-state index contributed by atoms with van der Waals surface area (Å²) in [7, 11) is 0. The van der Waals surface area contributed by atoms with Crippen LogP contribution in [0.3, 0.4) is 0 Å². The van der Waals surface area contributed by atoms with E-state index in [0.717, 1.165) is 0 Å². The summed E-state index contributed by atoms with van der Waals surface area (Å²) >= 11 is 0. The van der Waals surface area contributed by atoms with Crippen LogP contribution in [0.5, 0.6) is 5.88 Å². The van der Waals surface area contributed by atoms with Gasteiger partial charge in [0.2, 0.25) is 5.88 Å². The summed E-state index contributed by atoms with van der Waals surface area (Å²) in [6.07, 6.45) is -2.39. The van der Waals surface area contributed by atoms with E-state index in [2.05, 4.69) is 15.0 Å². The number of urea groups is 1. The zero-order chi connectivity index (χ0) is 16.9. The molecular weight excluding hydrogens is 315 g/mol. The largest absolute Gasteiger partial charge is 0.468 e. The molecule has 6 nitrogen and oxygen atoms in total. The van der Waals surface area contributed by atoms with Gasteiger partial charge in [-0.05, 0) is 24.5 Å². The molecule has 9 heteroatoms. The Labute approximate surface area is 131 Å². The molecule has 0 aliphatic carbocycles. The normalized spacial score (nSPS) is 16.3. The van der Waals surface area contributed by atoms with E-state index >= 15 is 0 Å². The number of nitrogens with zero attached hydrogens (tertiary/aromatic N) is 2. The number of hydrogen-bond donors (Lipinski definition) is 2. The molecule has 2 N–H and O–H groups in total. The zero-order valence-corrected chi connectivity index (χ0v) is 12.3. The van der Waals surface area contributed by atoms with Gasteiger partial charge in [-0.1, -0.05) is 0 Å². The van der Waals surface area contributed by atoms with Crippen molar-refractivity contribution in [3.63, 3.8) is 0 Å². The third-order valence-corrected chi connectivity index (χ3v) is 3.38. The van der Waals surface area contributed by atoms with Crippen molar-refractivity contribution in [3.8, 4) is 5.88 Å². The average Bonchev–Trinajstić information content (AvgIpc) is 2.51. The van der Waals surface area contributed by atoms with Crippen LogP contribution in [0.4, 0.5) is 18.0 Å². The SMILES string of the molecule is O=C(NCc1ccnc(OCC(F)(F)F)c1)N1CCC(O)CC1. The summed E-state index contributed by atoms with van der Waals surface area (Å²) in [6, 6.07) is 2.67. The minimum Gasteiger partial charge on any atom is -0.468 e. The van der Waals surface area contributed by atoms with E-state index in [-0.39, 0.29) is 24.6 Å². The molecule has 23 heavy (non-hydrogen) atoms. The minimum absolute atomic E-state index is 0.143. The fraction of sp³-hybridized carbons (Fsp3) is 0.571. The Hall–Kier alpha value is -2.03. The van der Waals surface area contributed by atoms with E-state index in [1.807, 2.05) is 0 Å². The van der Waals surface area contributed by atoms with Crippen LogP contribution < -0.4 is 10.1 Å². The Morgan fingerprint density at radius 1 is 1.43 bits per heavy atom. The van der Waals surface area contributed by atoms with Gasteiger partial charge in [0.25, 0.3) is 0 Å². The number of halogens is 3. The van der Waals surface area contributed by atoms with Crippen LogP contribution in [0.1, 0.15) is 18.4 Å². The molecule has 0 bridgehead atoms. The van der Waals surface area contributed by atoms with E-state index in [4.69, 9.17) is 0 Å². The average molecular weight is 333 g/mol. The van der Waals surface area contributed by atoms with Crippen molar-refractivity contribution in [3.05, 3.63) is 23.9 Å². The highest BCUT2D eigenvalue weighted by atomic mass is 19.4. The molecule has 1 aliphatic rings. The number of piperidine rings is 1. The van der Waals surface area contributed by atoms with Crippen molar-refractivity contribution in [2.45, 2.75) is 31.7 Å². The summed E-state index contributed by atoms with van der Waals surface area (Å²) in [4.78, 5) is 17.2. The van der Waals surface area contributed by atoms with Crippen molar-refractivity contribution in [2.24, 2.45) is 0 Å². The van der Waals surface area contributed by atoms with Crippen LogP contribution in [0.2, 0.25) is 0 Å². The maximum Gasteiger partial charge on any atom is 0.422 e. The predicted octanol–water partition coefficient (Wildman–Crippen LogP) is 1.69. The predicted molar refractivity (Wildman–Crippen MR) is 74.8 cm³/mol. The van der Waals surface area contributed by atoms with Crippen LogP contribution in [0, 0.1) is 0 Å². The maximum atomic E-state index is 12.1. The first-order valence-corrected chi connectivity index (χ1v) is 7.19. The fourth-order valence-electron chi connectivity index (χ4n) is 2.15. The van der Waals surface area contributed by atoms with Crippen LogP contribution in [0.15, 0.2) is 18.3 Å². The molecular formula is C14H18F3N3O3. The number of alkyl halides is 3. The Balaban J connectivity index is 1.82. The van der Waals surface area contributed by atoms with Gasteiger partial charge < -0.3 is 20.1 Å². The Kier molecular flexibility index (Phi) is 5.64. The molecule has 0 unspecified atom stereocenters. The molecule has 0 saturated carbocycles. The number of rotatable bonds is 4. The van der Waals surface area contributed by atoms with Gasteiger partial charge in [-0.3, -0.25) is 0 Å². The van der Waals surface area contributed by atoms with E-state index < -0.39 is 12.8 Å². The number of ether oxygens (including phenoxy) is 1. The van der Waals surface area contributed by atoms with Gasteiger partial charge in [-0.15, -0.1) is 0 Å². The smallest absolute Gasteiger partial charge is 0.422 e. The minimum atomic E-state index is -4.43. The molecule has 1 aromatic heterocycles. The first kappa shape index (κ1) is 17.3. The first-order chi connectivity index (χ1) is 10.8. The Bertz CT molecular complexity index is 531. The third-order valence-electron chi connectivity index (χ3n) is 3.38. The number of carbonyl (C=O) groups is 1. The molecule has 0 spiro atoms. The first-order valence-electron chi connectivity index (χ1n) is 7.19. The van der Waals surface area contributed by atoms with Gasteiger partial charge in [0.05, 0.1) is 6.10 Å². The van der Waals surface area contributed by atoms with Crippen LogP contribution in [0.25, 0.3) is 0 Å². The lowest BCUT2D eigenvalue weighted by molar-refractivity contribution is -0.154. The second-order valence-electron chi connectivity index (χ2n) is 5.28. The Morgan fingerprint density at radius 2 is 2.13 bits per heavy atom. The fourth-order valence-corrected chi connectivity index (χ4v) is 2.15. The molecule has 2 heterocycles. The molecule has 1 aliphatic heterocycles. The standard InChI is InChI=1S/C14H18F3N3O3/c15-14(16,17)9-23-12-7-10(1-4-18-12)8-19-13(22)20-5-2-11(21)3-6-20/h1,4,7,11,21H,2-3,5-6,8-9H2,(H,19,22). The van der Waals surface area contributed by atoms with Gasteiger partial charge in [-0.25, -0.2) is 9.78 Å². The highest BCUT2D eigenvalue weighted by molar-refractivity contribution is 5.74. The molecule has 1 aromatic rings. The molecule has 2 rings (SSSR count). The molecule has 0 radical (unpaired) electrons. The van der Waals surface area contributed by atoms with Crippen molar-refractivity contribution >= 4 is 6.03 Å². The van der Waals surface area contributed by atoms with Crippen molar-refractivity contribution in [1.82, 2.24) is 15.2 Å². The monoisotopic (exact) mass is 333 g/mol. The Morgan fingerprint density at radius 3 is 2.78 bits per heavy atom. The molecule has 2 amide bonds. The van der Waals surface area contributed by atoms with Crippen molar-refractivity contribution < 1.29 is 27.8 Å². The second kappa shape index (κ2) is 7.49. The topological polar surface area (TPSA) is 74.7 Å². The van der Waals surface area contributed by atoms with Crippen LogP contribution >= 0.6 is 0 Å². The van der Waals surface area contributed by atoms with E-state index in [0.29, 0.717) is 31.5 Å². The number of nitrogens with one attached hydrogen (secondary N) is 1. The van der Waals surface area contributed by atoms with Gasteiger partial charge in [0.15, 0.2) is 6.61 Å². The van der Waals surface area contributed by atoms with Crippen LogP contribution in [-0.4, -0.2) is 53.0 Å². The number of likely N-dealkylation sites (tertiary alicyclic amines) is 1. The summed E-state index contributed by atoms with van der Waals surface area (Å²) < 4.78 is 40.8. The molecule has 1 saturated heterocycles. The number of carbonyl (C=O) groups excluding carboxylic acids is 1. The zero-order valence-electron chi connectivity index (χ0n) is 12.3. The number of aliphatic hydroxyl groups is 1. The molecule has 1 fully saturated rings. The maximum absolute atomic E-state index is 12.1. The van der Waals surface area contributed by atoms with E-state index in [1.165, 1.54) is 12.3 Å². The lowest BCUT2D eigenvalue weighted by atomic mass is 10.1. The highest BCUT2D eigenvalue weighted by Crippen LogP contribution is 2.17. The molecule has 0 atom stereocenters. The summed E-state index contributed by atoms with van der Waals surface area (Å²) in [5.41, 5.74) is 0.586. The summed E-state index contributed by atoms with van der Waals surface area (Å²) in [5.74, 6) is -0.143. The van der Waals surface area contributed by atoms with Crippen molar-refractivity contribution in [1.29, 1.82) is 0 Å². The number of aliphatic hydroxyl groups excluding tert-OH is 1. The van der Waals surface area contributed by atoms with Gasteiger partial charge in [-0.2, -0.15) is 13.2 Å². The highest BCUT2D eigenvalue weighted by Gasteiger charge is 2.28. The van der Waals surface area contributed by atoms with Crippen molar-refractivity contribution in [2.75, 3.05) is 19.7 Å². The second-order valence-corrected chi connectivity index (χ2v) is 5.28. The number of amides is 2.